The lowest BCUT2D eigenvalue weighted by molar-refractivity contribution is 0.560. The van der Waals surface area contributed by atoms with Crippen molar-refractivity contribution in [2.45, 2.75) is 13.5 Å². The molecule has 0 radical (unpaired) electrons. The van der Waals surface area contributed by atoms with E-state index >= 15 is 0 Å². The van der Waals surface area contributed by atoms with Crippen molar-refractivity contribution >= 4 is 17.3 Å². The van der Waals surface area contributed by atoms with Crippen LogP contribution < -0.4 is 5.32 Å². The van der Waals surface area contributed by atoms with E-state index in [0.717, 1.165) is 5.56 Å². The molecule has 2 aromatic carbocycles. The first-order chi connectivity index (χ1) is 8.58. The highest BCUT2D eigenvalue weighted by molar-refractivity contribution is 6.33. The molecule has 1 N–H and O–H groups in total. The summed E-state index contributed by atoms with van der Waals surface area (Å²) in [7, 11) is 0. The Hall–Kier alpha value is -1.61. The van der Waals surface area contributed by atoms with Gasteiger partial charge in [0.05, 0.1) is 10.7 Å². The Morgan fingerprint density at radius 3 is 2.39 bits per heavy atom. The van der Waals surface area contributed by atoms with Gasteiger partial charge in [0.2, 0.25) is 0 Å². The molecule has 4 heteroatoms. The molecule has 0 aliphatic rings. The molecule has 0 spiro atoms. The average Bonchev–Trinajstić information content (AvgIpc) is 2.31. The highest BCUT2D eigenvalue weighted by atomic mass is 35.5. The third kappa shape index (κ3) is 2.79. The van der Waals surface area contributed by atoms with Gasteiger partial charge < -0.3 is 5.32 Å². The van der Waals surface area contributed by atoms with Crippen LogP contribution in [0.2, 0.25) is 5.02 Å². The molecule has 0 aliphatic heterocycles. The van der Waals surface area contributed by atoms with E-state index in [9.17, 15) is 8.78 Å². The normalized spacial score (nSPS) is 10.4. The highest BCUT2D eigenvalue weighted by Gasteiger charge is 2.08. The van der Waals surface area contributed by atoms with E-state index in [0.29, 0.717) is 10.7 Å². The first-order valence-corrected chi connectivity index (χ1v) is 5.88. The Morgan fingerprint density at radius 1 is 1.11 bits per heavy atom. The molecule has 94 valence electrons. The first-order valence-electron chi connectivity index (χ1n) is 5.51. The summed E-state index contributed by atoms with van der Waals surface area (Å²) in [4.78, 5) is 0. The van der Waals surface area contributed by atoms with Crippen molar-refractivity contribution in [1.82, 2.24) is 0 Å². The van der Waals surface area contributed by atoms with Crippen LogP contribution in [0.1, 0.15) is 11.1 Å². The lowest BCUT2D eigenvalue weighted by Gasteiger charge is -2.10. The molecule has 0 unspecified atom stereocenters. The first kappa shape index (κ1) is 12.8. The Kier molecular flexibility index (Phi) is 3.82. The predicted octanol–water partition coefficient (Wildman–Crippen LogP) is 4.54. The van der Waals surface area contributed by atoms with Crippen LogP contribution in [-0.2, 0) is 6.54 Å². The van der Waals surface area contributed by atoms with Gasteiger partial charge in [-0.2, -0.15) is 0 Å². The van der Waals surface area contributed by atoms with Crippen molar-refractivity contribution in [3.63, 3.8) is 0 Å². The molecule has 18 heavy (non-hydrogen) atoms. The summed E-state index contributed by atoms with van der Waals surface area (Å²) >= 11 is 6.03. The summed E-state index contributed by atoms with van der Waals surface area (Å²) in [5.41, 5.74) is 1.70. The van der Waals surface area contributed by atoms with Gasteiger partial charge in [-0.15, -0.1) is 0 Å². The number of benzene rings is 2. The molecule has 0 saturated heterocycles. The third-order valence-electron chi connectivity index (χ3n) is 2.64. The van der Waals surface area contributed by atoms with Crippen molar-refractivity contribution in [2.75, 3.05) is 5.32 Å². The largest absolute Gasteiger partial charge is 0.380 e. The number of rotatable bonds is 3. The van der Waals surface area contributed by atoms with Gasteiger partial charge in [0.15, 0.2) is 0 Å². The Balaban J connectivity index is 2.16. The fraction of sp³-hybridized carbons (Fsp3) is 0.143. The topological polar surface area (TPSA) is 12.0 Å². The molecule has 0 amide bonds. The molecule has 0 aromatic heterocycles. The van der Waals surface area contributed by atoms with E-state index in [4.69, 9.17) is 11.6 Å². The van der Waals surface area contributed by atoms with Crippen molar-refractivity contribution in [2.24, 2.45) is 0 Å². The quantitative estimate of drug-likeness (QED) is 0.861. The predicted molar refractivity (Wildman–Crippen MR) is 69.9 cm³/mol. The zero-order chi connectivity index (χ0) is 13.1. The summed E-state index contributed by atoms with van der Waals surface area (Å²) in [5.74, 6) is -1.13. The van der Waals surface area contributed by atoms with Gasteiger partial charge >= 0.3 is 0 Å². The molecule has 0 bridgehead atoms. The maximum Gasteiger partial charge on any atom is 0.131 e. The fourth-order valence-electron chi connectivity index (χ4n) is 1.65. The maximum absolute atomic E-state index is 13.4. The molecule has 0 fully saturated rings. The van der Waals surface area contributed by atoms with Gasteiger partial charge in [-0.3, -0.25) is 0 Å². The summed E-state index contributed by atoms with van der Waals surface area (Å²) in [6, 6.07) is 9.27. The van der Waals surface area contributed by atoms with Crippen LogP contribution in [0.3, 0.4) is 0 Å². The van der Waals surface area contributed by atoms with Crippen molar-refractivity contribution in [3.8, 4) is 0 Å². The molecule has 0 atom stereocenters. The average molecular weight is 268 g/mol. The molecule has 1 nitrogen and oxygen atoms in total. The highest BCUT2D eigenvalue weighted by Crippen LogP contribution is 2.24. The Bertz CT molecular complexity index is 549. The van der Waals surface area contributed by atoms with Gasteiger partial charge in [-0.05, 0) is 36.8 Å². The van der Waals surface area contributed by atoms with Crippen LogP contribution in [0.25, 0.3) is 0 Å². The number of anilines is 1. The van der Waals surface area contributed by atoms with E-state index in [1.807, 2.05) is 13.0 Å². The van der Waals surface area contributed by atoms with Gasteiger partial charge in [0.1, 0.15) is 11.6 Å². The van der Waals surface area contributed by atoms with Crippen LogP contribution >= 0.6 is 11.6 Å². The lowest BCUT2D eigenvalue weighted by atomic mass is 10.2. The summed E-state index contributed by atoms with van der Waals surface area (Å²) in [5, 5.41) is 3.46. The van der Waals surface area contributed by atoms with Crippen LogP contribution in [0, 0.1) is 18.6 Å². The molecular formula is C14H12ClF2N. The molecule has 0 saturated carbocycles. The Morgan fingerprint density at radius 2 is 1.78 bits per heavy atom. The zero-order valence-corrected chi connectivity index (χ0v) is 10.6. The van der Waals surface area contributed by atoms with E-state index in [1.165, 1.54) is 18.2 Å². The Labute approximate surface area is 109 Å². The summed E-state index contributed by atoms with van der Waals surface area (Å²) < 4.78 is 26.8. The molecule has 0 aliphatic carbocycles. The van der Waals surface area contributed by atoms with Crippen LogP contribution in [-0.4, -0.2) is 0 Å². The molecule has 0 heterocycles. The van der Waals surface area contributed by atoms with Crippen LogP contribution in [0.15, 0.2) is 36.4 Å². The van der Waals surface area contributed by atoms with E-state index in [1.54, 1.807) is 12.1 Å². The standard InChI is InChI=1S/C14H12ClF2N/c1-9-5-6-14(11(15)7-9)18-8-10-12(16)3-2-4-13(10)17/h2-7,18H,8H2,1H3. The van der Waals surface area contributed by atoms with Crippen LogP contribution in [0.4, 0.5) is 14.5 Å². The second-order valence-corrected chi connectivity index (χ2v) is 4.44. The monoisotopic (exact) mass is 267 g/mol. The minimum absolute atomic E-state index is 0.00846. The van der Waals surface area contributed by atoms with E-state index in [-0.39, 0.29) is 12.1 Å². The second kappa shape index (κ2) is 5.36. The smallest absolute Gasteiger partial charge is 0.131 e. The fourth-order valence-corrected chi connectivity index (χ4v) is 1.95. The van der Waals surface area contributed by atoms with Gasteiger partial charge in [-0.25, -0.2) is 8.78 Å². The molecular weight excluding hydrogens is 256 g/mol. The number of halogens is 3. The van der Waals surface area contributed by atoms with E-state index < -0.39 is 11.6 Å². The lowest BCUT2D eigenvalue weighted by Crippen LogP contribution is -2.04. The van der Waals surface area contributed by atoms with Gasteiger partial charge in [0.25, 0.3) is 0 Å². The molecule has 2 aromatic rings. The van der Waals surface area contributed by atoms with Crippen molar-refractivity contribution < 1.29 is 8.78 Å². The van der Waals surface area contributed by atoms with Crippen molar-refractivity contribution in [3.05, 3.63) is 64.2 Å². The van der Waals surface area contributed by atoms with Crippen molar-refractivity contribution in [1.29, 1.82) is 0 Å². The number of nitrogens with one attached hydrogen (secondary N) is 1. The zero-order valence-electron chi connectivity index (χ0n) is 9.81. The summed E-state index contributed by atoms with van der Waals surface area (Å²) in [6.07, 6.45) is 0. The minimum Gasteiger partial charge on any atom is -0.380 e. The number of aryl methyl sites for hydroxylation is 1. The van der Waals surface area contributed by atoms with Crippen LogP contribution in [0.5, 0.6) is 0 Å². The second-order valence-electron chi connectivity index (χ2n) is 4.04. The maximum atomic E-state index is 13.4. The number of hydrogen-bond acceptors (Lipinski definition) is 1. The molecule has 2 rings (SSSR count). The van der Waals surface area contributed by atoms with Gasteiger partial charge in [0, 0.05) is 12.1 Å². The minimum atomic E-state index is -0.564. The number of hydrogen-bond donors (Lipinski definition) is 1. The van der Waals surface area contributed by atoms with Gasteiger partial charge in [-0.1, -0.05) is 23.7 Å². The SMILES string of the molecule is Cc1ccc(NCc2c(F)cccc2F)c(Cl)c1. The summed E-state index contributed by atoms with van der Waals surface area (Å²) in [6.45, 7) is 1.98. The van der Waals surface area contributed by atoms with E-state index in [2.05, 4.69) is 5.32 Å². The third-order valence-corrected chi connectivity index (χ3v) is 2.95.